The molecule has 0 aliphatic carbocycles. The summed E-state index contributed by atoms with van der Waals surface area (Å²) < 4.78 is 0. The first-order valence-electron chi connectivity index (χ1n) is 3.84. The summed E-state index contributed by atoms with van der Waals surface area (Å²) in [4.78, 5) is 21.8. The Bertz CT molecular complexity index is 367. The third-order valence-corrected chi connectivity index (χ3v) is 1.38. The summed E-state index contributed by atoms with van der Waals surface area (Å²) in [6, 6.07) is 5.72. The van der Waals surface area contributed by atoms with E-state index in [0.717, 1.165) is 17.2 Å². The normalized spacial score (nSPS) is 7.57. The molecule has 1 rings (SSSR count). The predicted molar refractivity (Wildman–Crippen MR) is 52.1 cm³/mol. The van der Waals surface area contributed by atoms with Gasteiger partial charge in [0.2, 0.25) is 12.2 Å². The first-order chi connectivity index (χ1) is 6.63. The molecule has 72 valence electrons. The molecule has 0 heterocycles. The minimum absolute atomic E-state index is 0.678. The Labute approximate surface area is 81.8 Å². The van der Waals surface area contributed by atoms with Gasteiger partial charge in [-0.3, -0.25) is 0 Å². The molecule has 0 amide bonds. The van der Waals surface area contributed by atoms with Gasteiger partial charge in [-0.1, -0.05) is 6.07 Å². The van der Waals surface area contributed by atoms with Gasteiger partial charge in [-0.25, -0.2) is 15.0 Å². The second-order valence-corrected chi connectivity index (χ2v) is 2.65. The van der Waals surface area contributed by atoms with Crippen molar-refractivity contribution in [3.63, 3.8) is 0 Å². The van der Waals surface area contributed by atoms with Crippen LogP contribution in [-0.2, 0) is 9.59 Å². The van der Waals surface area contributed by atoms with Crippen LogP contribution in [0.5, 0.6) is 0 Å². The first kappa shape index (κ1) is 12.0. The molecule has 1 N–H and O–H groups in total. The van der Waals surface area contributed by atoms with E-state index in [2.05, 4.69) is 4.99 Å². The fraction of sp³-hybridized carbons (Fsp3) is 0.200. The van der Waals surface area contributed by atoms with Crippen molar-refractivity contribution in [2.75, 3.05) is 0 Å². The molecule has 0 bridgehead atoms. The van der Waals surface area contributed by atoms with Crippen molar-refractivity contribution in [1.82, 2.24) is 0 Å². The number of aliphatic imine (C=N–C) groups is 1. The summed E-state index contributed by atoms with van der Waals surface area (Å²) in [6.07, 6.45) is 2.26. The van der Waals surface area contributed by atoms with E-state index in [1.807, 2.05) is 32.0 Å². The molecule has 0 spiro atoms. The van der Waals surface area contributed by atoms with E-state index < -0.39 is 0 Å². The molecule has 4 nitrogen and oxygen atoms in total. The molecule has 1 aromatic rings. The van der Waals surface area contributed by atoms with Crippen molar-refractivity contribution < 1.29 is 9.59 Å². The van der Waals surface area contributed by atoms with Crippen molar-refractivity contribution >= 4 is 17.8 Å². The number of aryl methyl sites for hydroxylation is 2. The highest BCUT2D eigenvalue weighted by Gasteiger charge is 1.91. The van der Waals surface area contributed by atoms with Crippen LogP contribution < -0.4 is 0 Å². The molecule has 0 unspecified atom stereocenters. The monoisotopic (exact) mass is 190 g/mol. The number of isocyanates is 2. The Hall–Kier alpha value is -2.02. The molecule has 1 aromatic carbocycles. The molecule has 0 fully saturated rings. The quantitative estimate of drug-likeness (QED) is 0.544. The fourth-order valence-corrected chi connectivity index (χ4v) is 1.07. The van der Waals surface area contributed by atoms with Gasteiger partial charge in [0, 0.05) is 0 Å². The highest BCUT2D eigenvalue weighted by molar-refractivity contribution is 5.51. The third-order valence-electron chi connectivity index (χ3n) is 1.38. The summed E-state index contributed by atoms with van der Waals surface area (Å²) in [5.41, 5.74) is 2.90. The topological polar surface area (TPSA) is 70.3 Å². The predicted octanol–water partition coefficient (Wildman–Crippen LogP) is 2.17. The van der Waals surface area contributed by atoms with Crippen LogP contribution in [0.15, 0.2) is 23.2 Å². The van der Waals surface area contributed by atoms with Crippen molar-refractivity contribution in [1.29, 1.82) is 5.41 Å². The van der Waals surface area contributed by atoms with Gasteiger partial charge in [0.05, 0.1) is 5.69 Å². The number of carbonyl (C=O) groups excluding carboxylic acids is 2. The van der Waals surface area contributed by atoms with Crippen LogP contribution >= 0.6 is 0 Å². The van der Waals surface area contributed by atoms with Crippen molar-refractivity contribution in [2.45, 2.75) is 13.8 Å². The smallest absolute Gasteiger partial charge is 0.222 e. The van der Waals surface area contributed by atoms with Crippen molar-refractivity contribution in [3.8, 4) is 0 Å². The summed E-state index contributed by atoms with van der Waals surface area (Å²) in [7, 11) is 0. The van der Waals surface area contributed by atoms with E-state index >= 15 is 0 Å². The molecule has 4 heteroatoms. The minimum Gasteiger partial charge on any atom is -0.222 e. The maximum atomic E-state index is 9.91. The maximum Gasteiger partial charge on any atom is 0.240 e. The van der Waals surface area contributed by atoms with Crippen LogP contribution in [-0.4, -0.2) is 12.2 Å². The Kier molecular flexibility index (Phi) is 5.55. The Morgan fingerprint density at radius 1 is 1.14 bits per heavy atom. The summed E-state index contributed by atoms with van der Waals surface area (Å²) in [6.45, 7) is 3.94. The Morgan fingerprint density at radius 3 is 1.93 bits per heavy atom. The van der Waals surface area contributed by atoms with Crippen molar-refractivity contribution in [3.05, 3.63) is 29.3 Å². The average Bonchev–Trinajstić information content (AvgIpc) is 2.03. The van der Waals surface area contributed by atoms with E-state index in [1.165, 1.54) is 6.08 Å². The minimum atomic E-state index is 0.678. The van der Waals surface area contributed by atoms with Crippen LogP contribution in [0, 0.1) is 19.3 Å². The van der Waals surface area contributed by atoms with Gasteiger partial charge >= 0.3 is 0 Å². The molecular weight excluding hydrogens is 180 g/mol. The highest BCUT2D eigenvalue weighted by atomic mass is 16.1. The van der Waals surface area contributed by atoms with Gasteiger partial charge in [0.15, 0.2) is 0 Å². The van der Waals surface area contributed by atoms with Gasteiger partial charge in [0.1, 0.15) is 0 Å². The number of nitrogens with zero attached hydrogens (tertiary/aromatic N) is 1. The van der Waals surface area contributed by atoms with E-state index in [-0.39, 0.29) is 0 Å². The van der Waals surface area contributed by atoms with Crippen LogP contribution in [0.25, 0.3) is 0 Å². The Balaban J connectivity index is 0.000000500. The zero-order valence-electron chi connectivity index (χ0n) is 8.00. The SMILES string of the molecule is Cc1cc(C)cc(N=C=O)c1.N=C=O. The maximum absolute atomic E-state index is 9.91. The van der Waals surface area contributed by atoms with Crippen LogP contribution in [0.1, 0.15) is 11.1 Å². The standard InChI is InChI=1S/C9H9NO.CHNO/c1-7-3-8(2)5-9(4-7)10-6-11;2-1-3/h3-5H,1-2H3;2H. The number of hydrogen-bond acceptors (Lipinski definition) is 4. The molecule has 0 aliphatic heterocycles. The van der Waals surface area contributed by atoms with Crippen LogP contribution in [0.4, 0.5) is 5.69 Å². The van der Waals surface area contributed by atoms with E-state index in [1.54, 1.807) is 0 Å². The van der Waals surface area contributed by atoms with Gasteiger partial charge in [-0.15, -0.1) is 0 Å². The van der Waals surface area contributed by atoms with Gasteiger partial charge in [0.25, 0.3) is 0 Å². The van der Waals surface area contributed by atoms with Crippen molar-refractivity contribution in [2.24, 2.45) is 4.99 Å². The lowest BCUT2D eigenvalue weighted by molar-refractivity contribution is 0.562. The average molecular weight is 190 g/mol. The lowest BCUT2D eigenvalue weighted by Gasteiger charge is -1.96. The van der Waals surface area contributed by atoms with Gasteiger partial charge < -0.3 is 0 Å². The molecular formula is C10H10N2O2. The van der Waals surface area contributed by atoms with E-state index in [0.29, 0.717) is 5.69 Å². The molecule has 0 saturated heterocycles. The molecule has 0 radical (unpaired) electrons. The molecule has 0 saturated carbocycles. The first-order valence-corrected chi connectivity index (χ1v) is 3.84. The Morgan fingerprint density at radius 2 is 1.57 bits per heavy atom. The fourth-order valence-electron chi connectivity index (χ4n) is 1.07. The highest BCUT2D eigenvalue weighted by Crippen LogP contribution is 2.15. The number of hydrogen-bond donors (Lipinski definition) is 1. The number of benzene rings is 1. The molecule has 0 atom stereocenters. The van der Waals surface area contributed by atoms with E-state index in [4.69, 9.17) is 10.2 Å². The number of nitrogens with one attached hydrogen (secondary N) is 1. The molecule has 0 aromatic heterocycles. The molecule has 14 heavy (non-hydrogen) atoms. The van der Waals surface area contributed by atoms with Crippen LogP contribution in [0.3, 0.4) is 0 Å². The van der Waals surface area contributed by atoms with Crippen LogP contribution in [0.2, 0.25) is 0 Å². The zero-order valence-corrected chi connectivity index (χ0v) is 8.00. The second-order valence-electron chi connectivity index (χ2n) is 2.65. The third kappa shape index (κ3) is 4.78. The molecule has 0 aliphatic rings. The largest absolute Gasteiger partial charge is 0.240 e. The lowest BCUT2D eigenvalue weighted by Crippen LogP contribution is -1.75. The van der Waals surface area contributed by atoms with Gasteiger partial charge in [-0.05, 0) is 37.1 Å². The van der Waals surface area contributed by atoms with E-state index in [9.17, 15) is 4.79 Å². The zero-order chi connectivity index (χ0) is 11.0. The number of rotatable bonds is 1. The summed E-state index contributed by atoms with van der Waals surface area (Å²) in [5.74, 6) is 0. The summed E-state index contributed by atoms with van der Waals surface area (Å²) in [5, 5.41) is 5.40. The van der Waals surface area contributed by atoms with Gasteiger partial charge in [-0.2, -0.15) is 4.99 Å². The second kappa shape index (κ2) is 6.49. The summed E-state index contributed by atoms with van der Waals surface area (Å²) >= 11 is 0. The lowest BCUT2D eigenvalue weighted by atomic mass is 10.1.